The SMILES string of the molecule is O=C(O)C1CCCN1CCOc1ccccc1Oc1ccc(Cl)cc1. The van der Waals surface area contributed by atoms with Crippen molar-refractivity contribution in [3.63, 3.8) is 0 Å². The maximum absolute atomic E-state index is 11.2. The Labute approximate surface area is 151 Å². The molecular weight excluding hydrogens is 342 g/mol. The second kappa shape index (κ2) is 8.23. The van der Waals surface area contributed by atoms with E-state index >= 15 is 0 Å². The lowest BCUT2D eigenvalue weighted by Gasteiger charge is -2.21. The van der Waals surface area contributed by atoms with E-state index in [0.717, 1.165) is 13.0 Å². The predicted molar refractivity (Wildman–Crippen MR) is 95.7 cm³/mol. The fourth-order valence-electron chi connectivity index (χ4n) is 2.93. The lowest BCUT2D eigenvalue weighted by Crippen LogP contribution is -2.38. The van der Waals surface area contributed by atoms with E-state index in [1.807, 2.05) is 29.2 Å². The first-order valence-corrected chi connectivity index (χ1v) is 8.63. The van der Waals surface area contributed by atoms with Gasteiger partial charge in [0.15, 0.2) is 11.5 Å². The first-order valence-electron chi connectivity index (χ1n) is 8.25. The Bertz CT molecular complexity index is 720. The van der Waals surface area contributed by atoms with Gasteiger partial charge in [0.1, 0.15) is 18.4 Å². The average molecular weight is 362 g/mol. The standard InChI is InChI=1S/C19H20ClNO4/c20-14-7-9-15(10-8-14)25-18-6-2-1-5-17(18)24-13-12-21-11-3-4-16(21)19(22)23/h1-2,5-10,16H,3-4,11-13H2,(H,22,23). The van der Waals surface area contributed by atoms with Crippen molar-refractivity contribution in [2.75, 3.05) is 19.7 Å². The highest BCUT2D eigenvalue weighted by Crippen LogP contribution is 2.31. The van der Waals surface area contributed by atoms with Crippen molar-refractivity contribution in [3.8, 4) is 17.2 Å². The molecule has 0 amide bonds. The van der Waals surface area contributed by atoms with Gasteiger partial charge in [0.25, 0.3) is 0 Å². The molecule has 1 unspecified atom stereocenters. The highest BCUT2D eigenvalue weighted by molar-refractivity contribution is 6.30. The van der Waals surface area contributed by atoms with E-state index in [1.165, 1.54) is 0 Å². The molecule has 1 N–H and O–H groups in total. The first-order chi connectivity index (χ1) is 12.1. The number of benzene rings is 2. The van der Waals surface area contributed by atoms with Crippen LogP contribution in [-0.2, 0) is 4.79 Å². The van der Waals surface area contributed by atoms with Gasteiger partial charge in [0, 0.05) is 11.6 Å². The molecule has 1 fully saturated rings. The van der Waals surface area contributed by atoms with Crippen LogP contribution >= 0.6 is 11.6 Å². The van der Waals surface area contributed by atoms with Gasteiger partial charge in [-0.3, -0.25) is 9.69 Å². The molecule has 3 rings (SSSR count). The topological polar surface area (TPSA) is 59.0 Å². The fourth-order valence-corrected chi connectivity index (χ4v) is 3.06. The van der Waals surface area contributed by atoms with Crippen molar-refractivity contribution in [1.29, 1.82) is 0 Å². The van der Waals surface area contributed by atoms with E-state index in [4.69, 9.17) is 21.1 Å². The van der Waals surface area contributed by atoms with Crippen LogP contribution in [0.4, 0.5) is 0 Å². The molecule has 25 heavy (non-hydrogen) atoms. The summed E-state index contributed by atoms with van der Waals surface area (Å²) in [6.07, 6.45) is 1.61. The minimum atomic E-state index is -0.760. The molecule has 1 aliphatic heterocycles. The summed E-state index contributed by atoms with van der Waals surface area (Å²) < 4.78 is 11.7. The number of likely N-dealkylation sites (tertiary alicyclic amines) is 1. The number of halogens is 1. The second-order valence-electron chi connectivity index (χ2n) is 5.88. The van der Waals surface area contributed by atoms with Gasteiger partial charge in [0.2, 0.25) is 0 Å². The molecule has 0 spiro atoms. The number of nitrogens with zero attached hydrogens (tertiary/aromatic N) is 1. The minimum Gasteiger partial charge on any atom is -0.488 e. The third kappa shape index (κ3) is 4.65. The monoisotopic (exact) mass is 361 g/mol. The predicted octanol–water partition coefficient (Wildman–Crippen LogP) is 4.06. The largest absolute Gasteiger partial charge is 0.488 e. The molecule has 1 heterocycles. The first kappa shape index (κ1) is 17.6. The number of ether oxygens (including phenoxy) is 2. The summed E-state index contributed by atoms with van der Waals surface area (Å²) in [5.74, 6) is 1.15. The van der Waals surface area contributed by atoms with Crippen LogP contribution in [0.15, 0.2) is 48.5 Å². The van der Waals surface area contributed by atoms with Crippen LogP contribution in [0.3, 0.4) is 0 Å². The molecule has 6 heteroatoms. The Kier molecular flexibility index (Phi) is 5.79. The summed E-state index contributed by atoms with van der Waals surface area (Å²) in [6, 6.07) is 14.1. The summed E-state index contributed by atoms with van der Waals surface area (Å²) in [7, 11) is 0. The zero-order chi connectivity index (χ0) is 17.6. The second-order valence-corrected chi connectivity index (χ2v) is 6.32. The van der Waals surface area contributed by atoms with Crippen LogP contribution < -0.4 is 9.47 Å². The van der Waals surface area contributed by atoms with E-state index in [2.05, 4.69) is 0 Å². The van der Waals surface area contributed by atoms with E-state index in [9.17, 15) is 9.90 Å². The number of hydrogen-bond acceptors (Lipinski definition) is 4. The molecule has 0 radical (unpaired) electrons. The summed E-state index contributed by atoms with van der Waals surface area (Å²) in [5.41, 5.74) is 0. The van der Waals surface area contributed by atoms with Crippen LogP contribution in [0, 0.1) is 0 Å². The lowest BCUT2D eigenvalue weighted by atomic mass is 10.2. The maximum Gasteiger partial charge on any atom is 0.320 e. The van der Waals surface area contributed by atoms with Crippen LogP contribution in [0.25, 0.3) is 0 Å². The molecule has 0 bridgehead atoms. The van der Waals surface area contributed by atoms with E-state index in [0.29, 0.717) is 41.8 Å². The molecule has 0 aromatic heterocycles. The number of carboxylic acids is 1. The van der Waals surface area contributed by atoms with Gasteiger partial charge >= 0.3 is 5.97 Å². The van der Waals surface area contributed by atoms with Crippen molar-refractivity contribution in [1.82, 2.24) is 4.90 Å². The summed E-state index contributed by atoms with van der Waals surface area (Å²) in [6.45, 7) is 1.78. The molecule has 5 nitrogen and oxygen atoms in total. The smallest absolute Gasteiger partial charge is 0.320 e. The average Bonchev–Trinajstić information content (AvgIpc) is 3.07. The Morgan fingerprint density at radius 1 is 1.16 bits per heavy atom. The third-order valence-electron chi connectivity index (χ3n) is 4.18. The van der Waals surface area contributed by atoms with Gasteiger partial charge in [0.05, 0.1) is 0 Å². The van der Waals surface area contributed by atoms with Crippen molar-refractivity contribution in [2.24, 2.45) is 0 Å². The van der Waals surface area contributed by atoms with Crippen LogP contribution in [0.2, 0.25) is 5.02 Å². The Morgan fingerprint density at radius 3 is 2.60 bits per heavy atom. The number of rotatable bonds is 7. The van der Waals surface area contributed by atoms with Crippen molar-refractivity contribution in [3.05, 3.63) is 53.6 Å². The molecule has 2 aromatic carbocycles. The van der Waals surface area contributed by atoms with E-state index < -0.39 is 12.0 Å². The van der Waals surface area contributed by atoms with E-state index in [-0.39, 0.29) is 0 Å². The quantitative estimate of drug-likeness (QED) is 0.805. The van der Waals surface area contributed by atoms with Crippen LogP contribution in [0.5, 0.6) is 17.2 Å². The van der Waals surface area contributed by atoms with Crippen molar-refractivity contribution in [2.45, 2.75) is 18.9 Å². The van der Waals surface area contributed by atoms with Crippen molar-refractivity contribution >= 4 is 17.6 Å². The van der Waals surface area contributed by atoms with Gasteiger partial charge < -0.3 is 14.6 Å². The molecule has 1 saturated heterocycles. The number of carboxylic acid groups (broad SMARTS) is 1. The third-order valence-corrected chi connectivity index (χ3v) is 4.43. The Morgan fingerprint density at radius 2 is 1.88 bits per heavy atom. The summed E-state index contributed by atoms with van der Waals surface area (Å²) in [5, 5.41) is 9.86. The molecule has 1 aliphatic rings. The fraction of sp³-hybridized carbons (Fsp3) is 0.316. The van der Waals surface area contributed by atoms with Gasteiger partial charge in [-0.2, -0.15) is 0 Å². The number of carbonyl (C=O) groups is 1. The molecular formula is C19H20ClNO4. The zero-order valence-electron chi connectivity index (χ0n) is 13.7. The summed E-state index contributed by atoms with van der Waals surface area (Å²) >= 11 is 5.88. The highest BCUT2D eigenvalue weighted by atomic mass is 35.5. The highest BCUT2D eigenvalue weighted by Gasteiger charge is 2.29. The molecule has 0 saturated carbocycles. The van der Waals surface area contributed by atoms with Crippen molar-refractivity contribution < 1.29 is 19.4 Å². The number of para-hydroxylation sites is 2. The van der Waals surface area contributed by atoms with Crippen LogP contribution in [0.1, 0.15) is 12.8 Å². The lowest BCUT2D eigenvalue weighted by molar-refractivity contribution is -0.142. The molecule has 1 atom stereocenters. The van der Waals surface area contributed by atoms with Gasteiger partial charge in [-0.1, -0.05) is 23.7 Å². The Hall–Kier alpha value is -2.24. The maximum atomic E-state index is 11.2. The zero-order valence-corrected chi connectivity index (χ0v) is 14.5. The van der Waals surface area contributed by atoms with Crippen LogP contribution in [-0.4, -0.2) is 41.7 Å². The number of aliphatic carboxylic acids is 1. The van der Waals surface area contributed by atoms with Gasteiger partial charge in [-0.25, -0.2) is 0 Å². The minimum absolute atomic E-state index is 0.399. The molecule has 2 aromatic rings. The van der Waals surface area contributed by atoms with Gasteiger partial charge in [-0.15, -0.1) is 0 Å². The molecule has 132 valence electrons. The van der Waals surface area contributed by atoms with E-state index in [1.54, 1.807) is 24.3 Å². The van der Waals surface area contributed by atoms with Gasteiger partial charge in [-0.05, 0) is 55.8 Å². The number of hydrogen-bond donors (Lipinski definition) is 1. The molecule has 0 aliphatic carbocycles. The normalized spacial score (nSPS) is 17.4. The Balaban J connectivity index is 1.59. The summed E-state index contributed by atoms with van der Waals surface area (Å²) in [4.78, 5) is 13.2.